The molecule has 0 saturated carbocycles. The normalized spacial score (nSPS) is 19.8. The lowest BCUT2D eigenvalue weighted by Gasteiger charge is -2.54. The Morgan fingerprint density at radius 2 is 1.71 bits per heavy atom. The molecule has 2 N–H and O–H groups in total. The number of carbonyl (C=O) groups is 3. The van der Waals surface area contributed by atoms with E-state index in [1.807, 2.05) is 93.2 Å². The summed E-state index contributed by atoms with van der Waals surface area (Å²) in [5, 5.41) is 41.6. The third-order valence-electron chi connectivity index (χ3n) is 17.3. The van der Waals surface area contributed by atoms with Crippen molar-refractivity contribution >= 4 is 62.5 Å². The van der Waals surface area contributed by atoms with Gasteiger partial charge < -0.3 is 39.1 Å². The lowest BCUT2D eigenvalue weighted by Crippen LogP contribution is -2.60. The molecule has 83 heavy (non-hydrogen) atoms. The number of aliphatic hydroxyl groups excluding tert-OH is 1. The number of hydrogen-bond acceptors (Lipinski definition) is 15. The molecule has 0 unspecified atom stereocenters. The summed E-state index contributed by atoms with van der Waals surface area (Å²) in [4.78, 5) is 59.8. The zero-order chi connectivity index (χ0) is 58.4. The van der Waals surface area contributed by atoms with E-state index in [9.17, 15) is 34.2 Å². The van der Waals surface area contributed by atoms with Crippen LogP contribution in [0.3, 0.4) is 0 Å². The number of Topliss-reactive ketones (excluding diaryl/α,β-unsaturated/α-hetero) is 1. The van der Waals surface area contributed by atoms with Crippen LogP contribution in [0.4, 0.5) is 20.4 Å². The standard InChI is InChI=1S/C62H66ClF2N11O7/c1-36(2)54(60(81)76-33-44(78)29-50(76)51(79)26-37(3)39-10-12-40(13-11-39)49-15-19-67-71(49)5)52-31-53(70-83-52)74-34-62(35-74)16-20-72(21-17-62)24-25-82-61-68-57-47(58(69-61)73-22-23-75(59(80)38(4)64)42(32-73)14-18-66)30-48(63)55(56(57)65)46-28-43(77)27-41-8-6-7-9-45(41)46/h6-13,15,19,27-28,30-31,36-37,42,44,50,54,77-78H,4,14,16-17,20-26,29,32-35H2,1-3,5H3/t37-,42+,44-,50+,54-/m1/s1. The highest BCUT2D eigenvalue weighted by atomic mass is 35.5. The molecule has 18 nitrogen and oxygen atoms in total. The molecule has 3 aromatic heterocycles. The predicted octanol–water partition coefficient (Wildman–Crippen LogP) is 9.20. The number of rotatable bonds is 17. The molecular formula is C62H66ClF2N11O7. The van der Waals surface area contributed by atoms with Crippen molar-refractivity contribution in [2.45, 2.75) is 82.9 Å². The van der Waals surface area contributed by atoms with Crippen LogP contribution in [0.25, 0.3) is 44.1 Å². The molecule has 0 radical (unpaired) electrons. The van der Waals surface area contributed by atoms with Crippen LogP contribution in [0.2, 0.25) is 5.02 Å². The van der Waals surface area contributed by atoms with Gasteiger partial charge in [0.1, 0.15) is 29.6 Å². The van der Waals surface area contributed by atoms with Gasteiger partial charge in [0.15, 0.2) is 29.0 Å². The number of nitrogens with zero attached hydrogens (tertiary/aromatic N) is 11. The Bertz CT molecular complexity index is 3660. The van der Waals surface area contributed by atoms with E-state index in [1.165, 1.54) is 11.0 Å². The molecule has 4 fully saturated rings. The SMILES string of the molecule is C=C(F)C(=O)N1CCN(c2nc(OCCN3CCC4(CC3)CN(c3cc([C@H](C(=O)N5C[C@H](O)C[C@H]5C(=O)C[C@@H](C)c5ccc(-c6ccnn6C)cc5)C(C)C)on3)C4)nc3c(F)c(-c4cc(O)cc5ccccc45)c(Cl)cc23)C[C@@H]1CC#N. The predicted molar refractivity (Wildman–Crippen MR) is 310 cm³/mol. The molecule has 432 valence electrons. The van der Waals surface area contributed by atoms with Gasteiger partial charge in [0.05, 0.1) is 41.4 Å². The van der Waals surface area contributed by atoms with Gasteiger partial charge in [0.25, 0.3) is 5.91 Å². The molecule has 5 atom stereocenters. The van der Waals surface area contributed by atoms with E-state index in [0.29, 0.717) is 34.5 Å². The number of fused-ring (bicyclic) bond motifs is 2. The number of anilines is 2. The van der Waals surface area contributed by atoms with Gasteiger partial charge in [0.2, 0.25) is 5.91 Å². The van der Waals surface area contributed by atoms with E-state index in [4.69, 9.17) is 25.8 Å². The van der Waals surface area contributed by atoms with Crippen molar-refractivity contribution in [2.75, 3.05) is 75.3 Å². The summed E-state index contributed by atoms with van der Waals surface area (Å²) in [6, 6.07) is 24.3. The molecule has 4 aliphatic heterocycles. The highest BCUT2D eigenvalue weighted by Crippen LogP contribution is 2.45. The van der Waals surface area contributed by atoms with Crippen molar-refractivity contribution in [1.82, 2.24) is 39.6 Å². The lowest BCUT2D eigenvalue weighted by atomic mass is 9.72. The van der Waals surface area contributed by atoms with Crippen molar-refractivity contribution in [3.63, 3.8) is 0 Å². The van der Waals surface area contributed by atoms with E-state index in [0.717, 1.165) is 55.8 Å². The number of halogens is 3. The summed E-state index contributed by atoms with van der Waals surface area (Å²) < 4.78 is 45.5. The molecule has 7 heterocycles. The number of ether oxygens (including phenoxy) is 1. The van der Waals surface area contributed by atoms with Gasteiger partial charge in [-0.1, -0.05) is 92.6 Å². The van der Waals surface area contributed by atoms with Crippen molar-refractivity contribution < 1.29 is 42.6 Å². The Labute approximate surface area is 484 Å². The number of aryl methyl sites for hydroxylation is 1. The van der Waals surface area contributed by atoms with Gasteiger partial charge in [-0.05, 0) is 89.5 Å². The van der Waals surface area contributed by atoms with E-state index < -0.39 is 41.7 Å². The van der Waals surface area contributed by atoms with Crippen molar-refractivity contribution in [2.24, 2.45) is 18.4 Å². The van der Waals surface area contributed by atoms with Crippen LogP contribution in [0.1, 0.15) is 76.0 Å². The van der Waals surface area contributed by atoms with Crippen LogP contribution in [-0.4, -0.2) is 151 Å². The summed E-state index contributed by atoms with van der Waals surface area (Å²) in [5.41, 5.74) is 3.37. The molecule has 4 aliphatic rings. The molecular weight excluding hydrogens is 1080 g/mol. The number of phenolic OH excluding ortho intramolecular Hbond substituents is 1. The van der Waals surface area contributed by atoms with Crippen LogP contribution in [0.5, 0.6) is 11.8 Å². The Morgan fingerprint density at radius 3 is 2.42 bits per heavy atom. The van der Waals surface area contributed by atoms with Gasteiger partial charge in [-0.3, -0.25) is 24.0 Å². The molecule has 0 aliphatic carbocycles. The zero-order valence-corrected chi connectivity index (χ0v) is 47.6. The van der Waals surface area contributed by atoms with Gasteiger partial charge in [-0.2, -0.15) is 20.3 Å². The minimum absolute atomic E-state index is 0.0283. The first-order valence-electron chi connectivity index (χ1n) is 28.2. The highest BCUT2D eigenvalue weighted by molar-refractivity contribution is 6.35. The van der Waals surface area contributed by atoms with Crippen molar-refractivity contribution in [3.05, 3.63) is 120 Å². The van der Waals surface area contributed by atoms with Gasteiger partial charge >= 0.3 is 6.01 Å². The number of aliphatic hydroxyl groups is 1. The van der Waals surface area contributed by atoms with Crippen molar-refractivity contribution in [3.8, 4) is 40.2 Å². The summed E-state index contributed by atoms with van der Waals surface area (Å²) >= 11 is 6.96. The van der Waals surface area contributed by atoms with Gasteiger partial charge in [0, 0.05) is 94.3 Å². The highest BCUT2D eigenvalue weighted by Gasteiger charge is 2.47. The fourth-order valence-corrected chi connectivity index (χ4v) is 13.1. The quantitative estimate of drug-likeness (QED) is 0.0814. The average molecular weight is 1150 g/mol. The summed E-state index contributed by atoms with van der Waals surface area (Å²) in [6.07, 6.45) is 3.05. The summed E-state index contributed by atoms with van der Waals surface area (Å²) in [7, 11) is 1.89. The molecule has 1 spiro atoms. The van der Waals surface area contributed by atoms with Crippen LogP contribution in [0, 0.1) is 28.5 Å². The van der Waals surface area contributed by atoms with Crippen LogP contribution < -0.4 is 14.5 Å². The van der Waals surface area contributed by atoms with Gasteiger partial charge in [-0.25, -0.2) is 8.78 Å². The third-order valence-corrected chi connectivity index (χ3v) is 17.6. The first-order valence-corrected chi connectivity index (χ1v) is 28.6. The number of carbonyl (C=O) groups excluding carboxylic acids is 3. The largest absolute Gasteiger partial charge is 0.508 e. The molecule has 7 aromatic rings. The fourth-order valence-electron chi connectivity index (χ4n) is 12.8. The Balaban J connectivity index is 0.731. The monoisotopic (exact) mass is 1150 g/mol. The molecule has 21 heteroatoms. The number of aromatic hydroxyl groups is 1. The Morgan fingerprint density at radius 1 is 0.952 bits per heavy atom. The number of benzene rings is 4. The smallest absolute Gasteiger partial charge is 0.319 e. The maximum atomic E-state index is 17.3. The summed E-state index contributed by atoms with van der Waals surface area (Å²) in [6.45, 7) is 13.2. The van der Waals surface area contributed by atoms with Crippen molar-refractivity contribution in [1.29, 1.82) is 5.26 Å². The second-order valence-electron chi connectivity index (χ2n) is 23.1. The Hall–Kier alpha value is -7.99. The number of nitriles is 1. The lowest BCUT2D eigenvalue weighted by molar-refractivity contribution is -0.140. The van der Waals surface area contributed by atoms with Crippen LogP contribution >= 0.6 is 11.6 Å². The van der Waals surface area contributed by atoms with Crippen LogP contribution in [-0.2, 0) is 21.4 Å². The van der Waals surface area contributed by atoms with Crippen LogP contribution in [0.15, 0.2) is 102 Å². The first kappa shape index (κ1) is 56.9. The number of β-amino-alcohol motifs (C(OH)–C–C–N with tert-alkyl or cyclic N) is 1. The average Bonchev–Trinajstić information content (AvgIpc) is 1.88. The van der Waals surface area contributed by atoms with Gasteiger partial charge in [-0.15, -0.1) is 0 Å². The molecule has 4 aromatic carbocycles. The first-order chi connectivity index (χ1) is 39.9. The van der Waals surface area contributed by atoms with E-state index in [-0.39, 0.29) is 120 Å². The Kier molecular flexibility index (Phi) is 16.0. The number of aromatic nitrogens is 5. The number of ketones is 1. The second kappa shape index (κ2) is 23.3. The second-order valence-corrected chi connectivity index (χ2v) is 23.5. The fraction of sp³-hybridized carbons (Fsp3) is 0.419. The molecule has 4 saturated heterocycles. The topological polar surface area (TPSA) is 211 Å². The number of piperidine rings is 1. The maximum Gasteiger partial charge on any atom is 0.319 e. The number of amides is 2. The zero-order valence-electron chi connectivity index (χ0n) is 46.8. The van der Waals surface area contributed by atoms with E-state index in [1.54, 1.807) is 28.1 Å². The number of likely N-dealkylation sites (tertiary alicyclic amines) is 2. The maximum absolute atomic E-state index is 17.3. The number of phenols is 1. The molecule has 0 bridgehead atoms. The van der Waals surface area contributed by atoms with E-state index >= 15 is 4.39 Å². The summed E-state index contributed by atoms with van der Waals surface area (Å²) in [5.74, 6) is -2.88. The number of piperazine rings is 1. The molecule has 2 amide bonds. The molecule has 11 rings (SSSR count). The van der Waals surface area contributed by atoms with E-state index in [2.05, 4.69) is 37.7 Å². The third kappa shape index (κ3) is 11.3. The minimum Gasteiger partial charge on any atom is -0.508 e. The minimum atomic E-state index is -1.13. The number of hydrogen-bond donors (Lipinski definition) is 2.